The Bertz CT molecular complexity index is 880. The van der Waals surface area contributed by atoms with Gasteiger partial charge in [-0.2, -0.15) is 9.36 Å². The molecule has 3 aromatic rings. The van der Waals surface area contributed by atoms with Crippen LogP contribution in [0.25, 0.3) is 10.6 Å². The van der Waals surface area contributed by atoms with Gasteiger partial charge in [-0.15, -0.1) is 0 Å². The molecule has 1 amide bonds. The predicted molar refractivity (Wildman–Crippen MR) is 103 cm³/mol. The van der Waals surface area contributed by atoms with E-state index in [0.717, 1.165) is 10.6 Å². The molecule has 0 bridgehead atoms. The zero-order valence-electron chi connectivity index (χ0n) is 14.2. The number of anilines is 1. The first-order valence-electron chi connectivity index (χ1n) is 7.84. The first-order chi connectivity index (χ1) is 11.8. The minimum Gasteiger partial charge on any atom is -0.290 e. The largest absolute Gasteiger partial charge is 0.290 e. The molecule has 0 aliphatic carbocycles. The first-order valence-corrected chi connectivity index (χ1v) is 8.99. The Labute approximate surface area is 156 Å². The fourth-order valence-corrected chi connectivity index (χ4v) is 3.03. The summed E-state index contributed by atoms with van der Waals surface area (Å²) in [5, 5.41) is 4.14. The highest BCUT2D eigenvalue weighted by molar-refractivity contribution is 7.09. The Morgan fingerprint density at radius 1 is 1.04 bits per heavy atom. The van der Waals surface area contributed by atoms with E-state index < -0.39 is 0 Å². The molecule has 2 aromatic carbocycles. The van der Waals surface area contributed by atoms with Crippen molar-refractivity contribution < 1.29 is 4.79 Å². The molecule has 1 heterocycles. The number of rotatable bonds is 3. The van der Waals surface area contributed by atoms with Gasteiger partial charge < -0.3 is 0 Å². The zero-order chi connectivity index (χ0) is 18.0. The van der Waals surface area contributed by atoms with E-state index in [4.69, 9.17) is 11.6 Å². The molecule has 1 N–H and O–H groups in total. The van der Waals surface area contributed by atoms with Crippen LogP contribution in [0, 0.1) is 0 Å². The Morgan fingerprint density at radius 2 is 1.68 bits per heavy atom. The van der Waals surface area contributed by atoms with E-state index in [1.165, 1.54) is 17.1 Å². The van der Waals surface area contributed by atoms with Crippen LogP contribution in [0.4, 0.5) is 5.95 Å². The minimum atomic E-state index is -0.221. The van der Waals surface area contributed by atoms with E-state index in [2.05, 4.69) is 35.4 Å². The molecular weight excluding hydrogens is 354 g/mol. The number of aromatic nitrogens is 2. The number of nitrogens with one attached hydrogen (secondary N) is 1. The molecule has 0 spiro atoms. The Morgan fingerprint density at radius 3 is 2.28 bits per heavy atom. The van der Waals surface area contributed by atoms with Gasteiger partial charge in [0.05, 0.1) is 0 Å². The van der Waals surface area contributed by atoms with Crippen molar-refractivity contribution in [2.24, 2.45) is 0 Å². The van der Waals surface area contributed by atoms with Crippen LogP contribution in [0.3, 0.4) is 0 Å². The lowest BCUT2D eigenvalue weighted by atomic mass is 9.87. The van der Waals surface area contributed by atoms with Crippen LogP contribution in [0.2, 0.25) is 5.02 Å². The summed E-state index contributed by atoms with van der Waals surface area (Å²) < 4.78 is 4.20. The molecule has 0 aliphatic rings. The van der Waals surface area contributed by atoms with Crippen molar-refractivity contribution in [1.82, 2.24) is 9.36 Å². The first kappa shape index (κ1) is 17.6. The topological polar surface area (TPSA) is 54.9 Å². The van der Waals surface area contributed by atoms with Crippen molar-refractivity contribution in [2.45, 2.75) is 26.2 Å². The number of hydrogen-bond acceptors (Lipinski definition) is 4. The van der Waals surface area contributed by atoms with E-state index in [1.807, 2.05) is 36.4 Å². The smallest absolute Gasteiger partial charge is 0.258 e. The Kier molecular flexibility index (Phi) is 4.88. The third-order valence-electron chi connectivity index (χ3n) is 3.76. The van der Waals surface area contributed by atoms with Crippen molar-refractivity contribution in [2.75, 3.05) is 5.32 Å². The van der Waals surface area contributed by atoms with Crippen LogP contribution in [0.1, 0.15) is 36.7 Å². The summed E-state index contributed by atoms with van der Waals surface area (Å²) in [6.07, 6.45) is 0. The predicted octanol–water partition coefficient (Wildman–Crippen LogP) is 5.41. The molecule has 25 heavy (non-hydrogen) atoms. The monoisotopic (exact) mass is 371 g/mol. The summed E-state index contributed by atoms with van der Waals surface area (Å²) in [6, 6.07) is 14.9. The van der Waals surface area contributed by atoms with Crippen molar-refractivity contribution >= 4 is 35.0 Å². The van der Waals surface area contributed by atoms with Crippen LogP contribution in [-0.2, 0) is 5.41 Å². The highest BCUT2D eigenvalue weighted by Gasteiger charge is 2.15. The van der Waals surface area contributed by atoms with Gasteiger partial charge >= 0.3 is 0 Å². The van der Waals surface area contributed by atoms with E-state index in [1.54, 1.807) is 12.1 Å². The second-order valence-corrected chi connectivity index (χ2v) is 7.90. The summed E-state index contributed by atoms with van der Waals surface area (Å²) in [5.74, 6) is 0.0840. The van der Waals surface area contributed by atoms with Gasteiger partial charge in [-0.25, -0.2) is 0 Å². The average molecular weight is 372 g/mol. The molecule has 0 atom stereocenters. The number of carbonyl (C=O) groups is 1. The molecule has 6 heteroatoms. The molecule has 1 aromatic heterocycles. The van der Waals surface area contributed by atoms with Gasteiger partial charge in [0.25, 0.3) is 5.91 Å². The fraction of sp³-hybridized carbons (Fsp3) is 0.211. The van der Waals surface area contributed by atoms with Gasteiger partial charge in [0.15, 0.2) is 0 Å². The summed E-state index contributed by atoms with van der Waals surface area (Å²) in [4.78, 5) is 16.7. The van der Waals surface area contributed by atoms with Gasteiger partial charge in [0.2, 0.25) is 5.95 Å². The molecule has 3 rings (SSSR count). The van der Waals surface area contributed by atoms with Crippen LogP contribution in [0.15, 0.2) is 48.5 Å². The second-order valence-electron chi connectivity index (χ2n) is 6.71. The lowest BCUT2D eigenvalue weighted by Gasteiger charge is -2.18. The molecule has 0 radical (unpaired) electrons. The van der Waals surface area contributed by atoms with Crippen molar-refractivity contribution in [1.29, 1.82) is 0 Å². The molecule has 0 saturated carbocycles. The normalized spacial score (nSPS) is 11.4. The number of halogens is 1. The van der Waals surface area contributed by atoms with E-state index in [0.29, 0.717) is 16.5 Å². The van der Waals surface area contributed by atoms with Crippen LogP contribution < -0.4 is 5.32 Å². The summed E-state index contributed by atoms with van der Waals surface area (Å²) in [7, 11) is 0. The third kappa shape index (κ3) is 4.24. The van der Waals surface area contributed by atoms with Crippen molar-refractivity contribution in [3.8, 4) is 10.6 Å². The van der Waals surface area contributed by atoms with Crippen LogP contribution in [0.5, 0.6) is 0 Å². The number of carbonyl (C=O) groups excluding carboxylic acids is 1. The van der Waals surface area contributed by atoms with Gasteiger partial charge in [0, 0.05) is 16.1 Å². The standard InChI is InChI=1S/C19H18ClN3OS/c1-19(2,3)14-8-4-12(5-9-14)16(24)21-18-22-17(25-23-18)13-6-10-15(20)11-7-13/h4-11H,1-3H3,(H,21,23,24). The van der Waals surface area contributed by atoms with Gasteiger partial charge in [-0.1, -0.05) is 56.6 Å². The van der Waals surface area contributed by atoms with Crippen molar-refractivity contribution in [3.63, 3.8) is 0 Å². The molecule has 0 saturated heterocycles. The maximum atomic E-state index is 12.4. The fourth-order valence-electron chi connectivity index (χ4n) is 2.28. The Hall–Kier alpha value is -2.24. The summed E-state index contributed by atoms with van der Waals surface area (Å²) in [5.41, 5.74) is 2.73. The Balaban J connectivity index is 1.72. The maximum Gasteiger partial charge on any atom is 0.258 e. The molecular formula is C19H18ClN3OS. The minimum absolute atomic E-state index is 0.0545. The van der Waals surface area contributed by atoms with E-state index >= 15 is 0 Å². The summed E-state index contributed by atoms with van der Waals surface area (Å²) >= 11 is 7.12. The lowest BCUT2D eigenvalue weighted by Crippen LogP contribution is -2.15. The molecule has 0 unspecified atom stereocenters. The quantitative estimate of drug-likeness (QED) is 0.669. The maximum absolute atomic E-state index is 12.4. The number of hydrogen-bond donors (Lipinski definition) is 1. The van der Waals surface area contributed by atoms with E-state index in [-0.39, 0.29) is 11.3 Å². The molecule has 0 fully saturated rings. The van der Waals surface area contributed by atoms with Gasteiger partial charge in [0.1, 0.15) is 5.01 Å². The molecule has 128 valence electrons. The van der Waals surface area contributed by atoms with Gasteiger partial charge in [-0.3, -0.25) is 10.1 Å². The number of amides is 1. The van der Waals surface area contributed by atoms with Crippen LogP contribution >= 0.6 is 23.1 Å². The average Bonchev–Trinajstić information content (AvgIpc) is 3.03. The summed E-state index contributed by atoms with van der Waals surface area (Å²) in [6.45, 7) is 6.42. The molecule has 0 aliphatic heterocycles. The zero-order valence-corrected chi connectivity index (χ0v) is 15.8. The van der Waals surface area contributed by atoms with E-state index in [9.17, 15) is 4.79 Å². The number of nitrogens with zero attached hydrogens (tertiary/aromatic N) is 2. The van der Waals surface area contributed by atoms with Crippen LogP contribution in [-0.4, -0.2) is 15.3 Å². The van der Waals surface area contributed by atoms with Crippen molar-refractivity contribution in [3.05, 3.63) is 64.7 Å². The third-order valence-corrected chi connectivity index (χ3v) is 4.77. The highest BCUT2D eigenvalue weighted by Crippen LogP contribution is 2.25. The molecule has 4 nitrogen and oxygen atoms in total. The lowest BCUT2D eigenvalue weighted by molar-refractivity contribution is 0.102. The highest BCUT2D eigenvalue weighted by atomic mass is 35.5. The second kappa shape index (κ2) is 6.94. The SMILES string of the molecule is CC(C)(C)c1ccc(C(=O)Nc2nsc(-c3ccc(Cl)cc3)n2)cc1. The van der Waals surface area contributed by atoms with Gasteiger partial charge in [-0.05, 0) is 46.8 Å². The number of benzene rings is 2.